The summed E-state index contributed by atoms with van der Waals surface area (Å²) in [6.07, 6.45) is 2.25. The molecule has 0 aromatic rings. The van der Waals surface area contributed by atoms with Crippen LogP contribution in [-0.4, -0.2) is 70.2 Å². The van der Waals surface area contributed by atoms with Crippen LogP contribution in [0.15, 0.2) is 4.99 Å². The molecule has 2 aliphatic heterocycles. The van der Waals surface area contributed by atoms with Crippen molar-refractivity contribution >= 4 is 15.8 Å². The van der Waals surface area contributed by atoms with Gasteiger partial charge in [-0.05, 0) is 19.8 Å². The predicted octanol–water partition coefficient (Wildman–Crippen LogP) is 0.499. The molecule has 2 heterocycles. The van der Waals surface area contributed by atoms with E-state index in [2.05, 4.69) is 15.2 Å². The van der Waals surface area contributed by atoms with Crippen LogP contribution in [0.2, 0.25) is 0 Å². The third kappa shape index (κ3) is 4.32. The topological polar surface area (TPSA) is 71.0 Å². The Morgan fingerprint density at radius 1 is 1.38 bits per heavy atom. The Morgan fingerprint density at radius 2 is 2.19 bits per heavy atom. The molecule has 21 heavy (non-hydrogen) atoms. The molecule has 0 bridgehead atoms. The number of hydrogen-bond acceptors (Lipinski definition) is 4. The molecule has 2 aliphatic rings. The zero-order valence-corrected chi connectivity index (χ0v) is 13.9. The van der Waals surface area contributed by atoms with Crippen LogP contribution < -0.4 is 5.32 Å². The molecule has 6 nitrogen and oxygen atoms in total. The Bertz CT molecular complexity index is 470. The molecule has 7 heteroatoms. The second-order valence-electron chi connectivity index (χ2n) is 5.95. The number of sulfone groups is 1. The smallest absolute Gasteiger partial charge is 0.193 e. The van der Waals surface area contributed by atoms with Gasteiger partial charge in [0.1, 0.15) is 0 Å². The highest BCUT2D eigenvalue weighted by molar-refractivity contribution is 7.91. The molecule has 0 aliphatic carbocycles. The van der Waals surface area contributed by atoms with Crippen LogP contribution in [0.5, 0.6) is 0 Å². The fourth-order valence-corrected chi connectivity index (χ4v) is 3.61. The van der Waals surface area contributed by atoms with Gasteiger partial charge in [-0.25, -0.2) is 8.42 Å². The van der Waals surface area contributed by atoms with Gasteiger partial charge in [-0.2, -0.15) is 0 Å². The fourth-order valence-electron chi connectivity index (χ4n) is 2.95. The van der Waals surface area contributed by atoms with Gasteiger partial charge >= 0.3 is 0 Å². The predicted molar refractivity (Wildman–Crippen MR) is 84.4 cm³/mol. The summed E-state index contributed by atoms with van der Waals surface area (Å²) in [6.45, 7) is 8.45. The molecule has 0 saturated carbocycles. The molecule has 0 amide bonds. The second kappa shape index (κ2) is 6.96. The lowest BCUT2D eigenvalue weighted by molar-refractivity contribution is 0.156. The van der Waals surface area contributed by atoms with E-state index in [0.29, 0.717) is 6.54 Å². The van der Waals surface area contributed by atoms with Gasteiger partial charge in [0, 0.05) is 37.4 Å². The summed E-state index contributed by atoms with van der Waals surface area (Å²) < 4.78 is 28.6. The molecule has 2 rings (SSSR count). The Hall–Kier alpha value is -0.820. The number of guanidine groups is 1. The molecule has 0 radical (unpaired) electrons. The summed E-state index contributed by atoms with van der Waals surface area (Å²) in [4.78, 5) is 6.74. The van der Waals surface area contributed by atoms with Crippen LogP contribution in [0.3, 0.4) is 0 Å². The van der Waals surface area contributed by atoms with E-state index >= 15 is 0 Å². The number of nitrogens with zero attached hydrogens (tertiary/aromatic N) is 2. The Morgan fingerprint density at radius 3 is 2.81 bits per heavy atom. The number of likely N-dealkylation sites (tertiary alicyclic amines) is 1. The third-order valence-corrected chi connectivity index (χ3v) is 6.05. The van der Waals surface area contributed by atoms with Crippen LogP contribution in [-0.2, 0) is 14.6 Å². The monoisotopic (exact) mass is 317 g/mol. The van der Waals surface area contributed by atoms with Crippen LogP contribution in [0.25, 0.3) is 0 Å². The van der Waals surface area contributed by atoms with E-state index in [1.807, 2.05) is 6.92 Å². The van der Waals surface area contributed by atoms with E-state index < -0.39 is 9.84 Å². The Labute approximate surface area is 127 Å². The quantitative estimate of drug-likeness (QED) is 0.590. The van der Waals surface area contributed by atoms with Crippen molar-refractivity contribution in [3.63, 3.8) is 0 Å². The number of aliphatic imine (C=N–C) groups is 1. The minimum Gasteiger partial charge on any atom is -0.381 e. The van der Waals surface area contributed by atoms with Crippen molar-refractivity contribution in [2.45, 2.75) is 26.7 Å². The highest BCUT2D eigenvalue weighted by Gasteiger charge is 2.42. The summed E-state index contributed by atoms with van der Waals surface area (Å²) in [6, 6.07) is 0. The summed E-state index contributed by atoms with van der Waals surface area (Å²) >= 11 is 0. The first kappa shape index (κ1) is 16.5. The van der Waals surface area contributed by atoms with Crippen LogP contribution in [0, 0.1) is 5.41 Å². The summed E-state index contributed by atoms with van der Waals surface area (Å²) in [5, 5.41) is 3.28. The molecule has 1 atom stereocenters. The largest absolute Gasteiger partial charge is 0.381 e. The average Bonchev–Trinajstić information content (AvgIpc) is 3.09. The van der Waals surface area contributed by atoms with E-state index in [9.17, 15) is 8.42 Å². The van der Waals surface area contributed by atoms with E-state index in [1.165, 1.54) is 0 Å². The minimum atomic E-state index is -2.95. The van der Waals surface area contributed by atoms with Gasteiger partial charge in [-0.1, -0.05) is 6.92 Å². The maximum Gasteiger partial charge on any atom is 0.193 e. The molecule has 122 valence electrons. The molecule has 0 aromatic carbocycles. The normalized spacial score (nSPS) is 26.8. The molecule has 1 spiro atoms. The minimum absolute atomic E-state index is 0.125. The first-order valence-electron chi connectivity index (χ1n) is 7.82. The standard InChI is InChI=1S/C14H27N3O3S/c1-3-15-13(16-7-10-21(18,19)4-2)17-8-5-14(11-17)6-9-20-12-14/h3-12H2,1-2H3,(H,15,16). The van der Waals surface area contributed by atoms with Gasteiger partial charge in [0.05, 0.1) is 18.9 Å². The van der Waals surface area contributed by atoms with Crippen molar-refractivity contribution in [3.8, 4) is 0 Å². The van der Waals surface area contributed by atoms with Crippen LogP contribution in [0.4, 0.5) is 0 Å². The zero-order valence-electron chi connectivity index (χ0n) is 13.1. The molecule has 1 N–H and O–H groups in total. The lowest BCUT2D eigenvalue weighted by Gasteiger charge is -2.24. The maximum absolute atomic E-state index is 11.5. The van der Waals surface area contributed by atoms with Crippen LogP contribution in [0.1, 0.15) is 26.7 Å². The number of rotatable bonds is 5. The Kier molecular flexibility index (Phi) is 5.48. The molecule has 2 saturated heterocycles. The molecular weight excluding hydrogens is 290 g/mol. The van der Waals surface area contributed by atoms with Gasteiger partial charge in [-0.15, -0.1) is 0 Å². The van der Waals surface area contributed by atoms with E-state index in [1.54, 1.807) is 6.92 Å². The van der Waals surface area contributed by atoms with Gasteiger partial charge in [0.15, 0.2) is 15.8 Å². The summed E-state index contributed by atoms with van der Waals surface area (Å²) in [5.74, 6) is 1.15. The SMILES string of the molecule is CCNC(=NCCS(=O)(=O)CC)N1CCC2(CCOC2)C1. The molecule has 0 aromatic heterocycles. The van der Waals surface area contributed by atoms with E-state index in [-0.39, 0.29) is 16.9 Å². The maximum atomic E-state index is 11.5. The van der Waals surface area contributed by atoms with E-state index in [0.717, 1.165) is 51.6 Å². The van der Waals surface area contributed by atoms with Crippen molar-refractivity contribution in [3.05, 3.63) is 0 Å². The lowest BCUT2D eigenvalue weighted by atomic mass is 9.87. The number of hydrogen-bond donors (Lipinski definition) is 1. The van der Waals surface area contributed by atoms with Gasteiger partial charge in [0.2, 0.25) is 0 Å². The molecular formula is C14H27N3O3S. The first-order chi connectivity index (χ1) is 10.0. The van der Waals surface area contributed by atoms with Crippen LogP contribution >= 0.6 is 0 Å². The third-order valence-electron chi connectivity index (χ3n) is 4.36. The van der Waals surface area contributed by atoms with E-state index in [4.69, 9.17) is 4.74 Å². The molecule has 1 unspecified atom stereocenters. The highest BCUT2D eigenvalue weighted by Crippen LogP contribution is 2.38. The number of nitrogens with one attached hydrogen (secondary N) is 1. The first-order valence-corrected chi connectivity index (χ1v) is 9.64. The molecule has 2 fully saturated rings. The van der Waals surface area contributed by atoms with Gasteiger partial charge in [-0.3, -0.25) is 4.99 Å². The second-order valence-corrected chi connectivity index (χ2v) is 8.42. The van der Waals surface area contributed by atoms with Crippen molar-refractivity contribution in [1.29, 1.82) is 0 Å². The number of ether oxygens (including phenoxy) is 1. The summed E-state index contributed by atoms with van der Waals surface area (Å²) in [7, 11) is -2.95. The highest BCUT2D eigenvalue weighted by atomic mass is 32.2. The Balaban J connectivity index is 1.95. The average molecular weight is 317 g/mol. The summed E-state index contributed by atoms with van der Waals surface area (Å²) in [5.41, 5.74) is 0.283. The zero-order chi connectivity index (χ0) is 15.3. The van der Waals surface area contributed by atoms with Gasteiger partial charge < -0.3 is 15.0 Å². The lowest BCUT2D eigenvalue weighted by Crippen LogP contribution is -2.41. The van der Waals surface area contributed by atoms with Crippen molar-refractivity contribution in [2.75, 3.05) is 50.9 Å². The van der Waals surface area contributed by atoms with Crippen molar-refractivity contribution < 1.29 is 13.2 Å². The van der Waals surface area contributed by atoms with Crippen molar-refractivity contribution in [1.82, 2.24) is 10.2 Å². The fraction of sp³-hybridized carbons (Fsp3) is 0.929. The van der Waals surface area contributed by atoms with Crippen molar-refractivity contribution in [2.24, 2.45) is 10.4 Å². The van der Waals surface area contributed by atoms with Gasteiger partial charge in [0.25, 0.3) is 0 Å².